The Balaban J connectivity index is 1.84. The highest BCUT2D eigenvalue weighted by Crippen LogP contribution is 2.08. The molecule has 2 aromatic rings. The van der Waals surface area contributed by atoms with Crippen molar-refractivity contribution in [3.05, 3.63) is 36.0 Å². The Morgan fingerprint density at radius 2 is 2.47 bits per heavy atom. The molecule has 2 heterocycles. The standard InChI is InChI=1S/C11H17N5O/c1-16-8-10(14-15-16)7-9(13-12)4-5-11-3-2-6-17-11/h2-3,6,8-9,13H,4-5,7,12H2,1H3. The molecule has 0 saturated carbocycles. The molecule has 3 N–H and O–H groups in total. The van der Waals surface area contributed by atoms with E-state index in [0.717, 1.165) is 30.7 Å². The number of aryl methyl sites for hydroxylation is 2. The Morgan fingerprint density at radius 3 is 3.06 bits per heavy atom. The summed E-state index contributed by atoms with van der Waals surface area (Å²) in [5, 5.41) is 7.94. The van der Waals surface area contributed by atoms with Gasteiger partial charge in [0.2, 0.25) is 0 Å². The summed E-state index contributed by atoms with van der Waals surface area (Å²) in [6.45, 7) is 0. The quantitative estimate of drug-likeness (QED) is 0.560. The maximum absolute atomic E-state index is 5.53. The summed E-state index contributed by atoms with van der Waals surface area (Å²) < 4.78 is 6.97. The molecule has 0 spiro atoms. The Labute approximate surface area is 99.8 Å². The van der Waals surface area contributed by atoms with Gasteiger partial charge in [0.1, 0.15) is 5.76 Å². The Morgan fingerprint density at radius 1 is 1.59 bits per heavy atom. The van der Waals surface area contributed by atoms with Crippen LogP contribution in [0.15, 0.2) is 29.0 Å². The SMILES string of the molecule is Cn1cc(CC(CCc2ccco2)NN)nn1. The second-order valence-electron chi connectivity index (χ2n) is 4.07. The third-order valence-electron chi connectivity index (χ3n) is 2.66. The van der Waals surface area contributed by atoms with Crippen LogP contribution in [0.5, 0.6) is 0 Å². The summed E-state index contributed by atoms with van der Waals surface area (Å²) >= 11 is 0. The largest absolute Gasteiger partial charge is 0.469 e. The molecule has 0 aliphatic rings. The minimum Gasteiger partial charge on any atom is -0.469 e. The number of rotatable bonds is 6. The average molecular weight is 235 g/mol. The highest BCUT2D eigenvalue weighted by molar-refractivity contribution is 5.00. The number of hydrogen-bond acceptors (Lipinski definition) is 5. The summed E-state index contributed by atoms with van der Waals surface area (Å²) in [6.07, 6.45) is 6.12. The minimum atomic E-state index is 0.178. The van der Waals surface area contributed by atoms with E-state index in [-0.39, 0.29) is 6.04 Å². The normalized spacial score (nSPS) is 12.8. The van der Waals surface area contributed by atoms with E-state index < -0.39 is 0 Å². The van der Waals surface area contributed by atoms with Gasteiger partial charge in [-0.25, -0.2) is 0 Å². The van der Waals surface area contributed by atoms with Crippen LogP contribution in [0, 0.1) is 0 Å². The smallest absolute Gasteiger partial charge is 0.103 e. The van der Waals surface area contributed by atoms with Crippen LogP contribution in [0.3, 0.4) is 0 Å². The Kier molecular flexibility index (Phi) is 3.89. The summed E-state index contributed by atoms with van der Waals surface area (Å²) in [6, 6.07) is 4.04. The highest BCUT2D eigenvalue weighted by Gasteiger charge is 2.11. The number of nitrogens with zero attached hydrogens (tertiary/aromatic N) is 3. The van der Waals surface area contributed by atoms with E-state index >= 15 is 0 Å². The lowest BCUT2D eigenvalue weighted by Crippen LogP contribution is -2.37. The van der Waals surface area contributed by atoms with Crippen molar-refractivity contribution in [3.63, 3.8) is 0 Å². The average Bonchev–Trinajstić information content (AvgIpc) is 2.96. The maximum Gasteiger partial charge on any atom is 0.103 e. The highest BCUT2D eigenvalue weighted by atomic mass is 16.3. The van der Waals surface area contributed by atoms with E-state index in [0.29, 0.717) is 0 Å². The van der Waals surface area contributed by atoms with E-state index in [4.69, 9.17) is 10.3 Å². The fourth-order valence-corrected chi connectivity index (χ4v) is 1.76. The molecule has 2 rings (SSSR count). The summed E-state index contributed by atoms with van der Waals surface area (Å²) in [4.78, 5) is 0. The molecule has 0 aliphatic heterocycles. The van der Waals surface area contributed by atoms with Crippen molar-refractivity contribution < 1.29 is 4.42 Å². The Hall–Kier alpha value is -1.66. The fraction of sp³-hybridized carbons (Fsp3) is 0.455. The zero-order valence-corrected chi connectivity index (χ0v) is 9.84. The Bertz CT molecular complexity index is 436. The molecule has 0 saturated heterocycles. The number of hydrazine groups is 1. The van der Waals surface area contributed by atoms with Gasteiger partial charge in [-0.1, -0.05) is 5.21 Å². The number of furan rings is 1. The molecule has 6 nitrogen and oxygen atoms in total. The third kappa shape index (κ3) is 3.40. The summed E-state index contributed by atoms with van der Waals surface area (Å²) in [7, 11) is 1.85. The van der Waals surface area contributed by atoms with Crippen LogP contribution in [-0.2, 0) is 19.9 Å². The van der Waals surface area contributed by atoms with E-state index in [2.05, 4.69) is 15.7 Å². The lowest BCUT2D eigenvalue weighted by atomic mass is 10.1. The number of nitrogens with two attached hydrogens (primary N) is 1. The van der Waals surface area contributed by atoms with E-state index in [1.807, 2.05) is 25.4 Å². The van der Waals surface area contributed by atoms with Crippen molar-refractivity contribution in [1.82, 2.24) is 20.4 Å². The van der Waals surface area contributed by atoms with E-state index in [1.54, 1.807) is 10.9 Å². The van der Waals surface area contributed by atoms with Crippen molar-refractivity contribution >= 4 is 0 Å². The molecule has 1 unspecified atom stereocenters. The molecule has 92 valence electrons. The van der Waals surface area contributed by atoms with Gasteiger partial charge < -0.3 is 4.42 Å². The molecule has 0 radical (unpaired) electrons. The van der Waals surface area contributed by atoms with E-state index in [1.165, 1.54) is 0 Å². The minimum absolute atomic E-state index is 0.178. The van der Waals surface area contributed by atoms with Crippen molar-refractivity contribution in [2.75, 3.05) is 0 Å². The zero-order chi connectivity index (χ0) is 12.1. The zero-order valence-electron chi connectivity index (χ0n) is 9.84. The van der Waals surface area contributed by atoms with Crippen molar-refractivity contribution in [1.29, 1.82) is 0 Å². The molecule has 17 heavy (non-hydrogen) atoms. The molecule has 0 bridgehead atoms. The number of hydrogen-bond donors (Lipinski definition) is 2. The van der Waals surface area contributed by atoms with Gasteiger partial charge in [-0.3, -0.25) is 16.0 Å². The van der Waals surface area contributed by atoms with Crippen LogP contribution >= 0.6 is 0 Å². The van der Waals surface area contributed by atoms with Crippen LogP contribution in [-0.4, -0.2) is 21.0 Å². The van der Waals surface area contributed by atoms with Gasteiger partial charge in [-0.15, -0.1) is 5.10 Å². The van der Waals surface area contributed by atoms with Gasteiger partial charge in [0.15, 0.2) is 0 Å². The van der Waals surface area contributed by atoms with Crippen LogP contribution < -0.4 is 11.3 Å². The lowest BCUT2D eigenvalue weighted by Gasteiger charge is -2.13. The fourth-order valence-electron chi connectivity index (χ4n) is 1.76. The number of aromatic nitrogens is 3. The van der Waals surface area contributed by atoms with Gasteiger partial charge >= 0.3 is 0 Å². The first-order valence-electron chi connectivity index (χ1n) is 5.61. The summed E-state index contributed by atoms with van der Waals surface area (Å²) in [5.74, 6) is 6.51. The van der Waals surface area contributed by atoms with E-state index in [9.17, 15) is 0 Å². The lowest BCUT2D eigenvalue weighted by molar-refractivity contribution is 0.445. The molecular formula is C11H17N5O. The number of nitrogens with one attached hydrogen (secondary N) is 1. The van der Waals surface area contributed by atoms with Crippen molar-refractivity contribution in [3.8, 4) is 0 Å². The van der Waals surface area contributed by atoms with Gasteiger partial charge in [0.25, 0.3) is 0 Å². The first kappa shape index (κ1) is 11.8. The molecular weight excluding hydrogens is 218 g/mol. The molecule has 0 aromatic carbocycles. The monoisotopic (exact) mass is 235 g/mol. The third-order valence-corrected chi connectivity index (χ3v) is 2.66. The predicted molar refractivity (Wildman–Crippen MR) is 62.8 cm³/mol. The van der Waals surface area contributed by atoms with Gasteiger partial charge in [-0.2, -0.15) is 0 Å². The molecule has 2 aromatic heterocycles. The van der Waals surface area contributed by atoms with Crippen LogP contribution in [0.4, 0.5) is 0 Å². The summed E-state index contributed by atoms with van der Waals surface area (Å²) in [5.41, 5.74) is 3.74. The molecule has 0 amide bonds. The molecule has 6 heteroatoms. The maximum atomic E-state index is 5.53. The van der Waals surface area contributed by atoms with Crippen molar-refractivity contribution in [2.24, 2.45) is 12.9 Å². The molecule has 0 fully saturated rings. The van der Waals surface area contributed by atoms with Crippen LogP contribution in [0.25, 0.3) is 0 Å². The first-order valence-corrected chi connectivity index (χ1v) is 5.61. The second kappa shape index (κ2) is 5.60. The molecule has 0 aliphatic carbocycles. The van der Waals surface area contributed by atoms with Crippen LogP contribution in [0.2, 0.25) is 0 Å². The van der Waals surface area contributed by atoms with Gasteiger partial charge in [0, 0.05) is 32.1 Å². The van der Waals surface area contributed by atoms with Gasteiger partial charge in [0.05, 0.1) is 12.0 Å². The van der Waals surface area contributed by atoms with Crippen LogP contribution in [0.1, 0.15) is 17.9 Å². The van der Waals surface area contributed by atoms with Gasteiger partial charge in [-0.05, 0) is 18.6 Å². The topological polar surface area (TPSA) is 81.9 Å². The predicted octanol–water partition coefficient (Wildman–Crippen LogP) is 0.415. The van der Waals surface area contributed by atoms with Crippen molar-refractivity contribution in [2.45, 2.75) is 25.3 Å². The second-order valence-corrected chi connectivity index (χ2v) is 4.07. The first-order chi connectivity index (χ1) is 8.28. The molecule has 1 atom stereocenters.